The van der Waals surface area contributed by atoms with E-state index in [-0.39, 0.29) is 5.41 Å². The predicted molar refractivity (Wildman–Crippen MR) is 70.9 cm³/mol. The molecule has 2 rings (SSSR count). The van der Waals surface area contributed by atoms with Crippen molar-refractivity contribution < 1.29 is 0 Å². The minimum absolute atomic E-state index is 0.197. The molecule has 0 bridgehead atoms. The molecule has 1 aromatic rings. The summed E-state index contributed by atoms with van der Waals surface area (Å²) >= 11 is 0. The standard InChI is InChI=1S/C15H21N/c1-10(2)12-6-7-14-13(8-12)15(4,5)9-11(3)16-14/h6-8,10,16H,3,9H2,1-2,4-5H3. The average Bonchev–Trinajstić information content (AvgIpc) is 2.15. The zero-order valence-corrected chi connectivity index (χ0v) is 10.7. The van der Waals surface area contributed by atoms with Gasteiger partial charge in [0.1, 0.15) is 0 Å². The monoisotopic (exact) mass is 215 g/mol. The molecule has 0 aromatic heterocycles. The Hall–Kier alpha value is -1.24. The van der Waals surface area contributed by atoms with Gasteiger partial charge in [0.05, 0.1) is 0 Å². The SMILES string of the molecule is C=C1CC(C)(C)c2cc(C(C)C)ccc2N1. The van der Waals surface area contributed by atoms with Gasteiger partial charge in [-0.1, -0.05) is 46.4 Å². The average molecular weight is 215 g/mol. The van der Waals surface area contributed by atoms with Gasteiger partial charge in [0.2, 0.25) is 0 Å². The molecule has 1 aliphatic rings. The Morgan fingerprint density at radius 1 is 1.31 bits per heavy atom. The first-order valence-corrected chi connectivity index (χ1v) is 5.99. The van der Waals surface area contributed by atoms with E-state index in [1.54, 1.807) is 0 Å². The Morgan fingerprint density at radius 3 is 2.62 bits per heavy atom. The third-order valence-corrected chi connectivity index (χ3v) is 3.41. The molecule has 0 saturated carbocycles. The van der Waals surface area contributed by atoms with E-state index in [9.17, 15) is 0 Å². The topological polar surface area (TPSA) is 12.0 Å². The van der Waals surface area contributed by atoms with Crippen molar-refractivity contribution in [3.8, 4) is 0 Å². The van der Waals surface area contributed by atoms with Gasteiger partial charge in [0.15, 0.2) is 0 Å². The molecule has 1 aromatic carbocycles. The molecule has 16 heavy (non-hydrogen) atoms. The molecule has 1 N–H and O–H groups in total. The van der Waals surface area contributed by atoms with Crippen LogP contribution in [0.15, 0.2) is 30.5 Å². The van der Waals surface area contributed by atoms with E-state index in [0.717, 1.165) is 12.1 Å². The number of hydrogen-bond donors (Lipinski definition) is 1. The van der Waals surface area contributed by atoms with Crippen LogP contribution in [0.5, 0.6) is 0 Å². The Balaban J connectivity index is 2.52. The van der Waals surface area contributed by atoms with E-state index < -0.39 is 0 Å². The molecule has 1 aliphatic heterocycles. The van der Waals surface area contributed by atoms with Gasteiger partial charge in [-0.25, -0.2) is 0 Å². The third kappa shape index (κ3) is 1.87. The fourth-order valence-electron chi connectivity index (χ4n) is 2.45. The van der Waals surface area contributed by atoms with Crippen molar-refractivity contribution in [1.29, 1.82) is 0 Å². The Kier molecular flexibility index (Phi) is 2.57. The van der Waals surface area contributed by atoms with Gasteiger partial charge in [-0.15, -0.1) is 0 Å². The van der Waals surface area contributed by atoms with Crippen molar-refractivity contribution in [3.05, 3.63) is 41.6 Å². The lowest BCUT2D eigenvalue weighted by atomic mass is 9.76. The number of allylic oxidation sites excluding steroid dienone is 1. The van der Waals surface area contributed by atoms with Crippen molar-refractivity contribution >= 4 is 5.69 Å². The molecule has 0 amide bonds. The van der Waals surface area contributed by atoms with E-state index in [0.29, 0.717) is 5.92 Å². The first-order chi connectivity index (χ1) is 7.40. The van der Waals surface area contributed by atoms with E-state index in [1.165, 1.54) is 16.8 Å². The zero-order chi connectivity index (χ0) is 11.9. The van der Waals surface area contributed by atoms with Crippen molar-refractivity contribution in [3.63, 3.8) is 0 Å². The molecular weight excluding hydrogens is 194 g/mol. The van der Waals surface area contributed by atoms with E-state index >= 15 is 0 Å². The van der Waals surface area contributed by atoms with Gasteiger partial charge >= 0.3 is 0 Å². The maximum absolute atomic E-state index is 4.06. The van der Waals surface area contributed by atoms with Crippen molar-refractivity contribution in [2.75, 3.05) is 5.32 Å². The van der Waals surface area contributed by atoms with Gasteiger partial charge in [0, 0.05) is 11.4 Å². The molecule has 0 saturated heterocycles. The lowest BCUT2D eigenvalue weighted by molar-refractivity contribution is 0.511. The number of anilines is 1. The highest BCUT2D eigenvalue weighted by molar-refractivity contribution is 5.62. The molecule has 0 radical (unpaired) electrons. The van der Waals surface area contributed by atoms with Crippen molar-refractivity contribution in [2.24, 2.45) is 0 Å². The lowest BCUT2D eigenvalue weighted by Gasteiger charge is -2.35. The number of nitrogens with one attached hydrogen (secondary N) is 1. The molecule has 1 nitrogen and oxygen atoms in total. The number of rotatable bonds is 1. The van der Waals surface area contributed by atoms with Crippen LogP contribution in [0.25, 0.3) is 0 Å². The highest BCUT2D eigenvalue weighted by Gasteiger charge is 2.29. The van der Waals surface area contributed by atoms with Crippen LogP contribution in [0.1, 0.15) is 51.2 Å². The maximum atomic E-state index is 4.06. The predicted octanol–water partition coefficient (Wildman–Crippen LogP) is 4.42. The highest BCUT2D eigenvalue weighted by Crippen LogP contribution is 2.40. The Bertz CT molecular complexity index is 427. The second kappa shape index (κ2) is 3.65. The van der Waals surface area contributed by atoms with Crippen molar-refractivity contribution in [2.45, 2.75) is 45.4 Å². The first kappa shape index (κ1) is 11.3. The normalized spacial score (nSPS) is 18.2. The summed E-state index contributed by atoms with van der Waals surface area (Å²) in [6.07, 6.45) is 1.02. The quantitative estimate of drug-likeness (QED) is 0.731. The molecule has 1 heterocycles. The van der Waals surface area contributed by atoms with Crippen LogP contribution in [0.4, 0.5) is 5.69 Å². The minimum atomic E-state index is 0.197. The summed E-state index contributed by atoms with van der Waals surface area (Å²) in [5, 5.41) is 3.39. The molecular formula is C15H21N. The molecule has 0 unspecified atom stereocenters. The maximum Gasteiger partial charge on any atom is 0.0420 e. The van der Waals surface area contributed by atoms with Gasteiger partial charge in [-0.3, -0.25) is 0 Å². The Morgan fingerprint density at radius 2 is 2.00 bits per heavy atom. The lowest BCUT2D eigenvalue weighted by Crippen LogP contribution is -2.26. The second-order valence-electron chi connectivity index (χ2n) is 5.75. The van der Waals surface area contributed by atoms with Gasteiger partial charge in [-0.2, -0.15) is 0 Å². The Labute approximate surface area is 98.6 Å². The van der Waals surface area contributed by atoms with Crippen LogP contribution in [0.2, 0.25) is 0 Å². The molecule has 1 heteroatoms. The summed E-state index contributed by atoms with van der Waals surface area (Å²) in [4.78, 5) is 0. The minimum Gasteiger partial charge on any atom is -0.359 e. The molecule has 0 fully saturated rings. The van der Waals surface area contributed by atoms with Gasteiger partial charge in [-0.05, 0) is 34.9 Å². The number of hydrogen-bond acceptors (Lipinski definition) is 1. The summed E-state index contributed by atoms with van der Waals surface area (Å²) < 4.78 is 0. The first-order valence-electron chi connectivity index (χ1n) is 5.99. The summed E-state index contributed by atoms with van der Waals surface area (Å²) in [6, 6.07) is 6.75. The third-order valence-electron chi connectivity index (χ3n) is 3.41. The van der Waals surface area contributed by atoms with E-state index in [2.05, 4.69) is 57.8 Å². The number of fused-ring (bicyclic) bond motifs is 1. The van der Waals surface area contributed by atoms with E-state index in [1.807, 2.05) is 0 Å². The van der Waals surface area contributed by atoms with Gasteiger partial charge < -0.3 is 5.32 Å². The fourth-order valence-corrected chi connectivity index (χ4v) is 2.45. The van der Waals surface area contributed by atoms with Crippen LogP contribution in [-0.4, -0.2) is 0 Å². The van der Waals surface area contributed by atoms with Crippen LogP contribution in [0, 0.1) is 0 Å². The van der Waals surface area contributed by atoms with Crippen LogP contribution < -0.4 is 5.32 Å². The molecule has 86 valence electrons. The van der Waals surface area contributed by atoms with E-state index in [4.69, 9.17) is 0 Å². The molecule has 0 spiro atoms. The van der Waals surface area contributed by atoms with Crippen LogP contribution in [0.3, 0.4) is 0 Å². The highest BCUT2D eigenvalue weighted by atomic mass is 14.9. The second-order valence-corrected chi connectivity index (χ2v) is 5.75. The summed E-state index contributed by atoms with van der Waals surface area (Å²) in [6.45, 7) is 13.1. The van der Waals surface area contributed by atoms with Crippen molar-refractivity contribution in [1.82, 2.24) is 0 Å². The van der Waals surface area contributed by atoms with Gasteiger partial charge in [0.25, 0.3) is 0 Å². The zero-order valence-electron chi connectivity index (χ0n) is 10.7. The summed E-state index contributed by atoms with van der Waals surface area (Å²) in [5.41, 5.74) is 5.38. The fraction of sp³-hybridized carbons (Fsp3) is 0.467. The number of benzene rings is 1. The summed E-state index contributed by atoms with van der Waals surface area (Å²) in [5.74, 6) is 0.589. The van der Waals surface area contributed by atoms with Crippen LogP contribution in [-0.2, 0) is 5.41 Å². The van der Waals surface area contributed by atoms with Crippen LogP contribution >= 0.6 is 0 Å². The largest absolute Gasteiger partial charge is 0.359 e. The smallest absolute Gasteiger partial charge is 0.0420 e. The molecule has 0 aliphatic carbocycles. The summed E-state index contributed by atoms with van der Waals surface area (Å²) in [7, 11) is 0. The molecule has 0 atom stereocenters.